The summed E-state index contributed by atoms with van der Waals surface area (Å²) in [6.45, 7) is 4.15. The third-order valence-corrected chi connectivity index (χ3v) is 3.86. The molecular formula is C16H19ClN4. The molecule has 1 N–H and O–H groups in total. The fourth-order valence-electron chi connectivity index (χ4n) is 2.65. The Kier molecular flexibility index (Phi) is 4.25. The number of aromatic nitrogens is 2. The van der Waals surface area contributed by atoms with Gasteiger partial charge in [0.2, 0.25) is 0 Å². The molecule has 3 rings (SSSR count). The Balaban J connectivity index is 1.71. The molecule has 0 aliphatic carbocycles. The first kappa shape index (κ1) is 14.1. The van der Waals surface area contributed by atoms with Crippen LogP contribution < -0.4 is 10.2 Å². The van der Waals surface area contributed by atoms with Crippen LogP contribution in [-0.2, 0) is 0 Å². The second kappa shape index (κ2) is 6.31. The second-order valence-electron chi connectivity index (χ2n) is 5.34. The molecule has 21 heavy (non-hydrogen) atoms. The van der Waals surface area contributed by atoms with Crippen molar-refractivity contribution in [3.05, 3.63) is 41.3 Å². The SMILES string of the molecule is Cc1nc(Cl)cc(Nc2ccc(N3CCCCC3)cc2)n1. The van der Waals surface area contributed by atoms with E-state index in [1.165, 1.54) is 24.9 Å². The van der Waals surface area contributed by atoms with Crippen molar-refractivity contribution in [3.8, 4) is 0 Å². The third-order valence-electron chi connectivity index (χ3n) is 3.67. The van der Waals surface area contributed by atoms with Gasteiger partial charge in [-0.1, -0.05) is 11.6 Å². The van der Waals surface area contributed by atoms with Crippen molar-refractivity contribution in [2.75, 3.05) is 23.3 Å². The highest BCUT2D eigenvalue weighted by atomic mass is 35.5. The van der Waals surface area contributed by atoms with Crippen molar-refractivity contribution < 1.29 is 0 Å². The highest BCUT2D eigenvalue weighted by Gasteiger charge is 2.10. The molecule has 1 aromatic heterocycles. The molecule has 2 aromatic rings. The van der Waals surface area contributed by atoms with E-state index in [-0.39, 0.29) is 0 Å². The van der Waals surface area contributed by atoms with Gasteiger partial charge in [-0.2, -0.15) is 0 Å². The molecule has 1 saturated heterocycles. The number of benzene rings is 1. The standard InChI is InChI=1S/C16H19ClN4/c1-12-18-15(17)11-16(19-12)20-13-5-7-14(8-6-13)21-9-3-2-4-10-21/h5-8,11H,2-4,9-10H2,1H3,(H,18,19,20). The van der Waals surface area contributed by atoms with E-state index in [0.29, 0.717) is 11.0 Å². The molecular weight excluding hydrogens is 284 g/mol. The van der Waals surface area contributed by atoms with E-state index in [4.69, 9.17) is 11.6 Å². The fraction of sp³-hybridized carbons (Fsp3) is 0.375. The van der Waals surface area contributed by atoms with Crippen LogP contribution in [-0.4, -0.2) is 23.1 Å². The predicted octanol–water partition coefficient (Wildman–Crippen LogP) is 4.17. The van der Waals surface area contributed by atoms with Crippen molar-refractivity contribution in [2.24, 2.45) is 0 Å². The summed E-state index contributed by atoms with van der Waals surface area (Å²) in [5.41, 5.74) is 2.29. The zero-order chi connectivity index (χ0) is 14.7. The quantitative estimate of drug-likeness (QED) is 0.864. The highest BCUT2D eigenvalue weighted by Crippen LogP contribution is 2.23. The molecule has 1 aliphatic heterocycles. The van der Waals surface area contributed by atoms with E-state index in [1.54, 1.807) is 6.07 Å². The van der Waals surface area contributed by atoms with Crippen molar-refractivity contribution in [1.29, 1.82) is 0 Å². The Bertz CT molecular complexity index is 586. The summed E-state index contributed by atoms with van der Waals surface area (Å²) >= 11 is 5.95. The molecule has 0 spiro atoms. The first-order valence-corrected chi connectivity index (χ1v) is 7.72. The molecule has 0 radical (unpaired) electrons. The maximum Gasteiger partial charge on any atom is 0.135 e. The maximum atomic E-state index is 5.95. The predicted molar refractivity (Wildman–Crippen MR) is 87.6 cm³/mol. The molecule has 1 aliphatic rings. The Morgan fingerprint density at radius 2 is 1.76 bits per heavy atom. The molecule has 0 amide bonds. The third kappa shape index (κ3) is 3.64. The summed E-state index contributed by atoms with van der Waals surface area (Å²) in [6, 6.07) is 10.2. The van der Waals surface area contributed by atoms with Crippen LogP contribution in [0.25, 0.3) is 0 Å². The van der Waals surface area contributed by atoms with Gasteiger partial charge < -0.3 is 10.2 Å². The van der Waals surface area contributed by atoms with E-state index in [0.717, 1.165) is 24.6 Å². The minimum absolute atomic E-state index is 0.454. The van der Waals surface area contributed by atoms with Crippen LogP contribution in [0.5, 0.6) is 0 Å². The normalized spacial score (nSPS) is 15.0. The van der Waals surface area contributed by atoms with Crippen LogP contribution in [0.4, 0.5) is 17.2 Å². The van der Waals surface area contributed by atoms with Gasteiger partial charge >= 0.3 is 0 Å². The Morgan fingerprint density at radius 3 is 2.43 bits per heavy atom. The molecule has 5 heteroatoms. The van der Waals surface area contributed by atoms with Gasteiger partial charge in [0.05, 0.1) is 0 Å². The molecule has 4 nitrogen and oxygen atoms in total. The van der Waals surface area contributed by atoms with Gasteiger partial charge in [0, 0.05) is 30.5 Å². The summed E-state index contributed by atoms with van der Waals surface area (Å²) in [4.78, 5) is 10.8. The lowest BCUT2D eigenvalue weighted by molar-refractivity contribution is 0.578. The molecule has 2 heterocycles. The first-order valence-electron chi connectivity index (χ1n) is 7.34. The molecule has 0 bridgehead atoms. The van der Waals surface area contributed by atoms with Gasteiger partial charge in [0.1, 0.15) is 16.8 Å². The number of hydrogen-bond donors (Lipinski definition) is 1. The van der Waals surface area contributed by atoms with E-state index >= 15 is 0 Å². The number of nitrogens with zero attached hydrogens (tertiary/aromatic N) is 3. The smallest absolute Gasteiger partial charge is 0.135 e. The summed E-state index contributed by atoms with van der Waals surface area (Å²) < 4.78 is 0. The summed E-state index contributed by atoms with van der Waals surface area (Å²) in [7, 11) is 0. The first-order chi connectivity index (χ1) is 10.2. The van der Waals surface area contributed by atoms with Gasteiger partial charge in [-0.15, -0.1) is 0 Å². The number of nitrogens with one attached hydrogen (secondary N) is 1. The van der Waals surface area contributed by atoms with Gasteiger partial charge in [-0.3, -0.25) is 0 Å². The zero-order valence-corrected chi connectivity index (χ0v) is 12.9. The number of piperidine rings is 1. The molecule has 110 valence electrons. The van der Waals surface area contributed by atoms with Gasteiger partial charge in [0.25, 0.3) is 0 Å². The minimum atomic E-state index is 0.454. The molecule has 1 aromatic carbocycles. The average molecular weight is 303 g/mol. The minimum Gasteiger partial charge on any atom is -0.372 e. The van der Waals surface area contributed by atoms with Crippen LogP contribution in [0.15, 0.2) is 30.3 Å². The topological polar surface area (TPSA) is 41.1 Å². The van der Waals surface area contributed by atoms with Crippen molar-refractivity contribution in [1.82, 2.24) is 9.97 Å². The maximum absolute atomic E-state index is 5.95. The lowest BCUT2D eigenvalue weighted by Crippen LogP contribution is -2.29. The summed E-state index contributed by atoms with van der Waals surface area (Å²) in [6.07, 6.45) is 3.93. The van der Waals surface area contributed by atoms with Crippen molar-refractivity contribution in [2.45, 2.75) is 26.2 Å². The number of aryl methyl sites for hydroxylation is 1. The van der Waals surface area contributed by atoms with E-state index in [1.807, 2.05) is 6.92 Å². The van der Waals surface area contributed by atoms with Crippen LogP contribution in [0.1, 0.15) is 25.1 Å². The van der Waals surface area contributed by atoms with Crippen LogP contribution in [0, 0.1) is 6.92 Å². The average Bonchev–Trinajstić information content (AvgIpc) is 2.48. The fourth-order valence-corrected chi connectivity index (χ4v) is 2.88. The van der Waals surface area contributed by atoms with Gasteiger partial charge in [-0.25, -0.2) is 9.97 Å². The zero-order valence-electron chi connectivity index (χ0n) is 12.1. The van der Waals surface area contributed by atoms with Crippen LogP contribution in [0.3, 0.4) is 0 Å². The van der Waals surface area contributed by atoms with Crippen molar-refractivity contribution in [3.63, 3.8) is 0 Å². The Labute approximate surface area is 130 Å². The molecule has 0 saturated carbocycles. The van der Waals surface area contributed by atoms with Gasteiger partial charge in [-0.05, 0) is 50.5 Å². The Hall–Kier alpha value is -1.81. The molecule has 0 atom stereocenters. The number of hydrogen-bond acceptors (Lipinski definition) is 4. The summed E-state index contributed by atoms with van der Waals surface area (Å²) in [5, 5.41) is 3.72. The lowest BCUT2D eigenvalue weighted by atomic mass is 10.1. The second-order valence-corrected chi connectivity index (χ2v) is 5.73. The number of halogens is 1. The van der Waals surface area contributed by atoms with Crippen molar-refractivity contribution >= 4 is 28.8 Å². The monoisotopic (exact) mass is 302 g/mol. The highest BCUT2D eigenvalue weighted by molar-refractivity contribution is 6.29. The lowest BCUT2D eigenvalue weighted by Gasteiger charge is -2.28. The van der Waals surface area contributed by atoms with Crippen LogP contribution >= 0.6 is 11.6 Å². The Morgan fingerprint density at radius 1 is 1.05 bits per heavy atom. The molecule has 0 unspecified atom stereocenters. The summed E-state index contributed by atoms with van der Waals surface area (Å²) in [5.74, 6) is 1.38. The number of rotatable bonds is 3. The number of anilines is 3. The van der Waals surface area contributed by atoms with Crippen LogP contribution in [0.2, 0.25) is 5.15 Å². The van der Waals surface area contributed by atoms with E-state index < -0.39 is 0 Å². The largest absolute Gasteiger partial charge is 0.372 e. The van der Waals surface area contributed by atoms with E-state index in [2.05, 4.69) is 44.5 Å². The van der Waals surface area contributed by atoms with Gasteiger partial charge in [0.15, 0.2) is 0 Å². The molecule has 1 fully saturated rings. The van der Waals surface area contributed by atoms with E-state index in [9.17, 15) is 0 Å².